The summed E-state index contributed by atoms with van der Waals surface area (Å²) in [5, 5.41) is 0. The first kappa shape index (κ1) is 15.6. The van der Waals surface area contributed by atoms with Crippen LogP contribution in [-0.4, -0.2) is 35.5 Å². The average Bonchev–Trinajstić information content (AvgIpc) is 2.36. The van der Waals surface area contributed by atoms with Crippen molar-refractivity contribution in [3.8, 4) is 17.2 Å². The highest BCUT2D eigenvalue weighted by Crippen LogP contribution is 2.38. The Labute approximate surface area is 113 Å². The van der Waals surface area contributed by atoms with Crippen molar-refractivity contribution in [1.82, 2.24) is 4.72 Å². The molecule has 1 aromatic carbocycles. The molecule has 0 aliphatic rings. The minimum Gasteiger partial charge on any atom is -0.493 e. The molecule has 0 bridgehead atoms. The zero-order valence-electron chi connectivity index (χ0n) is 11.5. The first-order chi connectivity index (χ1) is 8.91. The fourth-order valence-electron chi connectivity index (χ4n) is 1.54. The number of sulfonamides is 1. The molecule has 108 valence electrons. The summed E-state index contributed by atoms with van der Waals surface area (Å²) in [5.74, 6) is 1.52. The van der Waals surface area contributed by atoms with E-state index in [1.165, 1.54) is 14.2 Å². The Morgan fingerprint density at radius 2 is 1.68 bits per heavy atom. The van der Waals surface area contributed by atoms with Gasteiger partial charge in [-0.3, -0.25) is 0 Å². The predicted octanol–water partition coefficient (Wildman–Crippen LogP) is 1.15. The summed E-state index contributed by atoms with van der Waals surface area (Å²) in [4.78, 5) is 0. The van der Waals surface area contributed by atoms with Crippen molar-refractivity contribution >= 4 is 10.0 Å². The largest absolute Gasteiger partial charge is 0.493 e. The van der Waals surface area contributed by atoms with Crippen LogP contribution in [0.25, 0.3) is 0 Å². The molecule has 0 radical (unpaired) electrons. The summed E-state index contributed by atoms with van der Waals surface area (Å²) in [6.07, 6.45) is 1.11. The summed E-state index contributed by atoms with van der Waals surface area (Å²) in [6.45, 7) is 2.50. The molecule has 0 fully saturated rings. The van der Waals surface area contributed by atoms with E-state index in [9.17, 15) is 8.42 Å². The summed E-state index contributed by atoms with van der Waals surface area (Å²) >= 11 is 0. The van der Waals surface area contributed by atoms with E-state index in [2.05, 4.69) is 4.72 Å². The summed E-state index contributed by atoms with van der Waals surface area (Å²) in [5.41, 5.74) is 0.725. The number of hydrogen-bond donors (Lipinski definition) is 1. The zero-order chi connectivity index (χ0) is 14.5. The number of methoxy groups -OCH3 is 2. The second-order valence-electron chi connectivity index (χ2n) is 3.86. The molecule has 0 atom stereocenters. The summed E-state index contributed by atoms with van der Waals surface area (Å²) < 4.78 is 40.5. The van der Waals surface area contributed by atoms with Crippen LogP contribution >= 0.6 is 0 Å². The topological polar surface area (TPSA) is 73.9 Å². The van der Waals surface area contributed by atoms with Crippen molar-refractivity contribution in [1.29, 1.82) is 0 Å². The fourth-order valence-corrected chi connectivity index (χ4v) is 1.97. The van der Waals surface area contributed by atoms with Gasteiger partial charge >= 0.3 is 0 Å². The highest BCUT2D eigenvalue weighted by molar-refractivity contribution is 7.88. The van der Waals surface area contributed by atoms with Gasteiger partial charge in [-0.2, -0.15) is 0 Å². The number of nitrogens with one attached hydrogen (secondary N) is 1. The van der Waals surface area contributed by atoms with Crippen LogP contribution in [-0.2, 0) is 16.6 Å². The first-order valence-corrected chi connectivity index (χ1v) is 7.62. The van der Waals surface area contributed by atoms with Gasteiger partial charge in [0.1, 0.15) is 0 Å². The molecule has 0 saturated heterocycles. The molecule has 6 nitrogen and oxygen atoms in total. The lowest BCUT2D eigenvalue weighted by molar-refractivity contribution is 0.288. The second-order valence-corrected chi connectivity index (χ2v) is 5.69. The maximum Gasteiger partial charge on any atom is 0.209 e. The smallest absolute Gasteiger partial charge is 0.209 e. The summed E-state index contributed by atoms with van der Waals surface area (Å²) in [6, 6.07) is 3.43. The average molecular weight is 289 g/mol. The Kier molecular flexibility index (Phi) is 5.44. The lowest BCUT2D eigenvalue weighted by atomic mass is 10.2. The van der Waals surface area contributed by atoms with Crippen LogP contribution in [0.3, 0.4) is 0 Å². The molecule has 0 spiro atoms. The van der Waals surface area contributed by atoms with Gasteiger partial charge in [0, 0.05) is 6.54 Å². The molecule has 19 heavy (non-hydrogen) atoms. The van der Waals surface area contributed by atoms with Crippen LogP contribution in [0.4, 0.5) is 0 Å². The van der Waals surface area contributed by atoms with Crippen LogP contribution in [0.1, 0.15) is 12.5 Å². The normalized spacial score (nSPS) is 11.2. The molecule has 1 aromatic rings. The van der Waals surface area contributed by atoms with E-state index < -0.39 is 10.0 Å². The molecule has 0 amide bonds. The SMILES string of the molecule is CCOc1c(OC)cc(CNS(C)(=O)=O)cc1OC. The van der Waals surface area contributed by atoms with Crippen LogP contribution in [0, 0.1) is 0 Å². The quantitative estimate of drug-likeness (QED) is 0.815. The van der Waals surface area contributed by atoms with Gasteiger partial charge in [-0.25, -0.2) is 13.1 Å². The van der Waals surface area contributed by atoms with Crippen molar-refractivity contribution < 1.29 is 22.6 Å². The molecule has 1 rings (SSSR count). The molecule has 0 aliphatic carbocycles. The van der Waals surface area contributed by atoms with Crippen molar-refractivity contribution in [2.45, 2.75) is 13.5 Å². The van der Waals surface area contributed by atoms with Crippen LogP contribution in [0.2, 0.25) is 0 Å². The van der Waals surface area contributed by atoms with Gasteiger partial charge in [-0.05, 0) is 24.6 Å². The van der Waals surface area contributed by atoms with E-state index in [1.54, 1.807) is 12.1 Å². The van der Waals surface area contributed by atoms with Gasteiger partial charge in [0.25, 0.3) is 0 Å². The molecule has 0 aromatic heterocycles. The third kappa shape index (κ3) is 4.60. The Morgan fingerprint density at radius 3 is 2.05 bits per heavy atom. The molecular weight excluding hydrogens is 270 g/mol. The lowest BCUT2D eigenvalue weighted by Gasteiger charge is -2.15. The Morgan fingerprint density at radius 1 is 1.16 bits per heavy atom. The Balaban J connectivity index is 3.08. The van der Waals surface area contributed by atoms with Gasteiger partial charge < -0.3 is 14.2 Å². The number of hydrogen-bond acceptors (Lipinski definition) is 5. The Hall–Kier alpha value is -1.47. The lowest BCUT2D eigenvalue weighted by Crippen LogP contribution is -2.21. The zero-order valence-corrected chi connectivity index (χ0v) is 12.3. The molecule has 0 unspecified atom stereocenters. The van der Waals surface area contributed by atoms with E-state index in [4.69, 9.17) is 14.2 Å². The third-order valence-electron chi connectivity index (χ3n) is 2.35. The molecule has 7 heteroatoms. The minimum absolute atomic E-state index is 0.165. The van der Waals surface area contributed by atoms with E-state index >= 15 is 0 Å². The van der Waals surface area contributed by atoms with Gasteiger partial charge in [0.05, 0.1) is 27.1 Å². The highest BCUT2D eigenvalue weighted by Gasteiger charge is 2.14. The molecular formula is C12H19NO5S. The first-order valence-electron chi connectivity index (χ1n) is 5.73. The fraction of sp³-hybridized carbons (Fsp3) is 0.500. The van der Waals surface area contributed by atoms with Crippen LogP contribution in [0.5, 0.6) is 17.2 Å². The second kappa shape index (κ2) is 6.63. The van der Waals surface area contributed by atoms with Crippen molar-refractivity contribution in [3.63, 3.8) is 0 Å². The van der Waals surface area contributed by atoms with Crippen molar-refractivity contribution in [2.75, 3.05) is 27.1 Å². The van der Waals surface area contributed by atoms with E-state index in [-0.39, 0.29) is 6.54 Å². The highest BCUT2D eigenvalue weighted by atomic mass is 32.2. The minimum atomic E-state index is -3.24. The van der Waals surface area contributed by atoms with E-state index in [0.29, 0.717) is 23.9 Å². The number of benzene rings is 1. The molecule has 1 N–H and O–H groups in total. The molecule has 0 heterocycles. The monoisotopic (exact) mass is 289 g/mol. The Bertz CT molecular complexity index is 502. The number of ether oxygens (including phenoxy) is 3. The molecule has 0 saturated carbocycles. The summed E-state index contributed by atoms with van der Waals surface area (Å²) in [7, 11) is -0.207. The van der Waals surface area contributed by atoms with Gasteiger partial charge in [0.2, 0.25) is 15.8 Å². The number of rotatable bonds is 7. The standard InChI is InChI=1S/C12H19NO5S/c1-5-18-12-10(16-2)6-9(7-11(12)17-3)8-13-19(4,14)15/h6-7,13H,5,8H2,1-4H3. The van der Waals surface area contributed by atoms with Crippen LogP contribution < -0.4 is 18.9 Å². The van der Waals surface area contributed by atoms with Crippen molar-refractivity contribution in [3.05, 3.63) is 17.7 Å². The van der Waals surface area contributed by atoms with Crippen LogP contribution in [0.15, 0.2) is 12.1 Å². The van der Waals surface area contributed by atoms with Crippen molar-refractivity contribution in [2.24, 2.45) is 0 Å². The van der Waals surface area contributed by atoms with E-state index in [1.807, 2.05) is 6.92 Å². The predicted molar refractivity (Wildman–Crippen MR) is 72.4 cm³/mol. The maximum absolute atomic E-state index is 11.1. The maximum atomic E-state index is 11.1. The van der Waals surface area contributed by atoms with Gasteiger partial charge in [-0.15, -0.1) is 0 Å². The molecule has 0 aliphatic heterocycles. The third-order valence-corrected chi connectivity index (χ3v) is 3.02. The van der Waals surface area contributed by atoms with E-state index in [0.717, 1.165) is 11.8 Å². The van der Waals surface area contributed by atoms with Gasteiger partial charge in [-0.1, -0.05) is 0 Å². The van der Waals surface area contributed by atoms with Gasteiger partial charge in [0.15, 0.2) is 11.5 Å².